The van der Waals surface area contributed by atoms with Gasteiger partial charge in [0.05, 0.1) is 9.92 Å². The Bertz CT molecular complexity index is 1080. The molecule has 0 unspecified atom stereocenters. The van der Waals surface area contributed by atoms with Crippen LogP contribution in [0.25, 0.3) is 11.0 Å². The Hall–Kier alpha value is -1.58. The summed E-state index contributed by atoms with van der Waals surface area (Å²) in [5.41, 5.74) is 2.37. The highest BCUT2D eigenvalue weighted by atomic mass is 79.9. The first kappa shape index (κ1) is 18.2. The predicted molar refractivity (Wildman–Crippen MR) is 98.2 cm³/mol. The number of rotatable bonds is 4. The van der Waals surface area contributed by atoms with E-state index in [1.807, 2.05) is 4.83 Å². The van der Waals surface area contributed by atoms with Crippen molar-refractivity contribution in [3.8, 4) is 0 Å². The largest absolute Gasteiger partial charge is 0.449 e. The van der Waals surface area contributed by atoms with E-state index in [2.05, 4.69) is 21.4 Å². The molecule has 0 aliphatic rings. The first-order valence-electron chi connectivity index (χ1n) is 6.72. The molecule has 6 nitrogen and oxygen atoms in total. The standard InChI is InChI=1S/C15H9BrCl2N2O4S/c16-9-2-1-3-11(6-9)25(22,23)20-19-15(21)13-5-8-4-10(17)7-12(18)14(8)24-13/h1-7,20H,(H,19,21). The molecule has 0 fully saturated rings. The molecule has 1 aromatic heterocycles. The highest BCUT2D eigenvalue weighted by Crippen LogP contribution is 2.30. The average Bonchev–Trinajstić information content (AvgIpc) is 2.97. The third kappa shape index (κ3) is 3.99. The fourth-order valence-corrected chi connectivity index (χ4v) is 4.04. The third-order valence-corrected chi connectivity index (χ3v) is 5.40. The van der Waals surface area contributed by atoms with Gasteiger partial charge < -0.3 is 4.42 Å². The lowest BCUT2D eigenvalue weighted by atomic mass is 10.2. The Morgan fingerprint density at radius 1 is 1.12 bits per heavy atom. The highest BCUT2D eigenvalue weighted by Gasteiger charge is 2.19. The van der Waals surface area contributed by atoms with E-state index in [1.165, 1.54) is 24.3 Å². The summed E-state index contributed by atoms with van der Waals surface area (Å²) < 4.78 is 30.3. The normalized spacial score (nSPS) is 11.6. The zero-order chi connectivity index (χ0) is 18.2. The predicted octanol–water partition coefficient (Wildman–Crippen LogP) is 4.13. The molecule has 0 atom stereocenters. The SMILES string of the molecule is O=C(NNS(=O)(=O)c1cccc(Br)c1)c1cc2cc(Cl)cc(Cl)c2o1. The van der Waals surface area contributed by atoms with Gasteiger partial charge in [-0.05, 0) is 36.4 Å². The Balaban J connectivity index is 1.80. The molecule has 3 rings (SSSR count). The highest BCUT2D eigenvalue weighted by molar-refractivity contribution is 9.10. The van der Waals surface area contributed by atoms with Crippen molar-refractivity contribution in [2.24, 2.45) is 0 Å². The number of amides is 1. The molecule has 2 aromatic carbocycles. The molecule has 0 bridgehead atoms. The molecule has 3 aromatic rings. The number of halogens is 3. The summed E-state index contributed by atoms with van der Waals surface area (Å²) in [6.07, 6.45) is 0. The summed E-state index contributed by atoms with van der Waals surface area (Å²) in [6.45, 7) is 0. The summed E-state index contributed by atoms with van der Waals surface area (Å²) in [5.74, 6) is -0.891. The fourth-order valence-electron chi connectivity index (χ4n) is 2.06. The Morgan fingerprint density at radius 3 is 2.60 bits per heavy atom. The van der Waals surface area contributed by atoms with Gasteiger partial charge in [0, 0.05) is 14.9 Å². The molecule has 0 radical (unpaired) electrons. The fraction of sp³-hybridized carbons (Fsp3) is 0. The van der Waals surface area contributed by atoms with Crippen molar-refractivity contribution in [1.82, 2.24) is 10.3 Å². The minimum atomic E-state index is -3.93. The molecule has 0 saturated heterocycles. The monoisotopic (exact) mass is 462 g/mol. The van der Waals surface area contributed by atoms with Gasteiger partial charge in [0.1, 0.15) is 0 Å². The second-order valence-electron chi connectivity index (χ2n) is 4.93. The molecule has 25 heavy (non-hydrogen) atoms. The van der Waals surface area contributed by atoms with E-state index in [4.69, 9.17) is 27.6 Å². The lowest BCUT2D eigenvalue weighted by Gasteiger charge is -2.07. The average molecular weight is 464 g/mol. The molecule has 10 heteroatoms. The number of sulfonamides is 1. The van der Waals surface area contributed by atoms with Gasteiger partial charge in [0.15, 0.2) is 11.3 Å². The summed E-state index contributed by atoms with van der Waals surface area (Å²) in [7, 11) is -3.93. The number of carbonyl (C=O) groups is 1. The van der Waals surface area contributed by atoms with E-state index in [0.717, 1.165) is 0 Å². The van der Waals surface area contributed by atoms with Gasteiger partial charge in [-0.15, -0.1) is 4.83 Å². The van der Waals surface area contributed by atoms with E-state index >= 15 is 0 Å². The number of hydrogen-bond acceptors (Lipinski definition) is 4. The molecule has 0 saturated carbocycles. The van der Waals surface area contributed by atoms with Gasteiger partial charge in [0.2, 0.25) is 0 Å². The van der Waals surface area contributed by atoms with Gasteiger partial charge >= 0.3 is 5.91 Å². The summed E-state index contributed by atoms with van der Waals surface area (Å²) in [6, 6.07) is 10.5. The molecule has 130 valence electrons. The number of hydrogen-bond donors (Lipinski definition) is 2. The van der Waals surface area contributed by atoms with Crippen LogP contribution in [0.15, 0.2) is 56.2 Å². The van der Waals surface area contributed by atoms with E-state index in [1.54, 1.807) is 18.2 Å². The lowest BCUT2D eigenvalue weighted by molar-refractivity contribution is 0.0919. The third-order valence-electron chi connectivity index (χ3n) is 3.16. The van der Waals surface area contributed by atoms with Crippen molar-refractivity contribution in [2.45, 2.75) is 4.90 Å². The van der Waals surface area contributed by atoms with Crippen molar-refractivity contribution < 1.29 is 17.6 Å². The number of furan rings is 1. The van der Waals surface area contributed by atoms with E-state index < -0.39 is 15.9 Å². The van der Waals surface area contributed by atoms with Crippen LogP contribution in [0.3, 0.4) is 0 Å². The van der Waals surface area contributed by atoms with Crippen molar-refractivity contribution in [1.29, 1.82) is 0 Å². The Morgan fingerprint density at radius 2 is 1.88 bits per heavy atom. The Kier molecular flexibility index (Phi) is 5.08. The van der Waals surface area contributed by atoms with Crippen LogP contribution in [0.5, 0.6) is 0 Å². The topological polar surface area (TPSA) is 88.4 Å². The minimum Gasteiger partial charge on any atom is -0.449 e. The molecular weight excluding hydrogens is 455 g/mol. The van der Waals surface area contributed by atoms with Crippen LogP contribution < -0.4 is 10.3 Å². The molecule has 1 amide bonds. The molecule has 0 aliphatic heterocycles. The number of nitrogens with one attached hydrogen (secondary N) is 2. The van der Waals surface area contributed by atoms with Gasteiger partial charge in [-0.2, -0.15) is 0 Å². The zero-order valence-electron chi connectivity index (χ0n) is 12.2. The molecule has 0 spiro atoms. The smallest absolute Gasteiger partial charge is 0.301 e. The molecule has 0 aliphatic carbocycles. The van der Waals surface area contributed by atoms with E-state index in [0.29, 0.717) is 14.9 Å². The van der Waals surface area contributed by atoms with E-state index in [9.17, 15) is 13.2 Å². The molecule has 1 heterocycles. The van der Waals surface area contributed by atoms with Crippen LogP contribution in [0.2, 0.25) is 10.0 Å². The van der Waals surface area contributed by atoms with Gasteiger partial charge in [0.25, 0.3) is 10.0 Å². The number of benzene rings is 2. The number of fused-ring (bicyclic) bond motifs is 1. The lowest BCUT2D eigenvalue weighted by Crippen LogP contribution is -2.41. The molecule has 2 N–H and O–H groups in total. The second kappa shape index (κ2) is 6.97. The summed E-state index contributed by atoms with van der Waals surface area (Å²) >= 11 is 15.1. The summed E-state index contributed by atoms with van der Waals surface area (Å²) in [4.78, 5) is 14.1. The van der Waals surface area contributed by atoms with Crippen LogP contribution in [0, 0.1) is 0 Å². The minimum absolute atomic E-state index is 0.0124. The summed E-state index contributed by atoms with van der Waals surface area (Å²) in [5, 5.41) is 1.16. The number of carbonyl (C=O) groups excluding carboxylic acids is 1. The first-order valence-corrected chi connectivity index (χ1v) is 9.76. The maximum Gasteiger partial charge on any atom is 0.301 e. The van der Waals surface area contributed by atoms with Crippen molar-refractivity contribution in [3.63, 3.8) is 0 Å². The molecular formula is C15H9BrCl2N2O4S. The maximum atomic E-state index is 12.2. The van der Waals surface area contributed by atoms with Crippen LogP contribution >= 0.6 is 39.1 Å². The van der Waals surface area contributed by atoms with Gasteiger partial charge in [-0.3, -0.25) is 10.2 Å². The zero-order valence-corrected chi connectivity index (χ0v) is 16.1. The van der Waals surface area contributed by atoms with Crippen molar-refractivity contribution in [3.05, 3.63) is 62.7 Å². The van der Waals surface area contributed by atoms with Crippen LogP contribution in [0.4, 0.5) is 0 Å². The maximum absolute atomic E-state index is 12.2. The first-order chi connectivity index (χ1) is 11.8. The Labute approximate surface area is 161 Å². The van der Waals surface area contributed by atoms with Gasteiger partial charge in [-0.1, -0.05) is 45.2 Å². The van der Waals surface area contributed by atoms with Gasteiger partial charge in [-0.25, -0.2) is 8.42 Å². The van der Waals surface area contributed by atoms with Crippen molar-refractivity contribution in [2.75, 3.05) is 0 Å². The van der Waals surface area contributed by atoms with Crippen LogP contribution in [-0.2, 0) is 10.0 Å². The van der Waals surface area contributed by atoms with Crippen LogP contribution in [-0.4, -0.2) is 14.3 Å². The van der Waals surface area contributed by atoms with Crippen molar-refractivity contribution >= 4 is 66.0 Å². The second-order valence-corrected chi connectivity index (χ2v) is 8.38. The quantitative estimate of drug-likeness (QED) is 0.569. The van der Waals surface area contributed by atoms with Crippen LogP contribution in [0.1, 0.15) is 10.6 Å². The number of hydrazine groups is 1. The van der Waals surface area contributed by atoms with E-state index in [-0.39, 0.29) is 21.3 Å².